The summed E-state index contributed by atoms with van der Waals surface area (Å²) in [6, 6.07) is 17.7. The molecule has 1 unspecified atom stereocenters. The van der Waals surface area contributed by atoms with Crippen molar-refractivity contribution in [2.45, 2.75) is 83.1 Å². The van der Waals surface area contributed by atoms with Crippen molar-refractivity contribution in [2.24, 2.45) is 33.5 Å². The highest BCUT2D eigenvalue weighted by molar-refractivity contribution is 6.10. The van der Waals surface area contributed by atoms with Crippen LogP contribution in [-0.4, -0.2) is 68.6 Å². The molecule has 9 atom stereocenters. The highest BCUT2D eigenvalue weighted by atomic mass is 19.2. The summed E-state index contributed by atoms with van der Waals surface area (Å²) in [6.45, 7) is 4.99. The molecule has 9 rings (SSSR count). The van der Waals surface area contributed by atoms with E-state index in [0.717, 1.165) is 47.7 Å². The number of halogens is 2. The van der Waals surface area contributed by atoms with Crippen LogP contribution >= 0.6 is 0 Å². The fourth-order valence-corrected chi connectivity index (χ4v) is 12.0. The molecule has 2 spiro atoms. The number of aliphatic hydroxyl groups excluding tert-OH is 3. The van der Waals surface area contributed by atoms with Gasteiger partial charge in [-0.25, -0.2) is 8.78 Å². The monoisotopic (exact) mass is 697 g/mol. The Morgan fingerprint density at radius 3 is 2.43 bits per heavy atom. The van der Waals surface area contributed by atoms with Gasteiger partial charge in [-0.3, -0.25) is 9.69 Å². The van der Waals surface area contributed by atoms with E-state index in [1.165, 1.54) is 6.07 Å². The SMILES string of the molecule is C[C@]12CC[C@H]3[C@]4(C=C[C@@]5(C=C4C(=O)c4ccc(F)c(F)c4)CC(O)CC[C@]35C)[C@@H]1CC[C@@]2(O)CN(Cc1cccc2ccccc12)C[C@H](O)CO. The normalized spacial score (nSPS) is 37.2. The van der Waals surface area contributed by atoms with Gasteiger partial charge in [0.05, 0.1) is 24.4 Å². The van der Waals surface area contributed by atoms with Crippen LogP contribution < -0.4 is 0 Å². The zero-order valence-corrected chi connectivity index (χ0v) is 29.5. The van der Waals surface area contributed by atoms with Gasteiger partial charge in [0.2, 0.25) is 0 Å². The molecule has 6 nitrogen and oxygen atoms in total. The van der Waals surface area contributed by atoms with Gasteiger partial charge in [-0.2, -0.15) is 0 Å². The number of Topliss-reactive ketones (excluding diaryl/α,β-unsaturated/α-hetero) is 1. The molecule has 2 bridgehead atoms. The van der Waals surface area contributed by atoms with Gasteiger partial charge < -0.3 is 20.4 Å². The highest BCUT2D eigenvalue weighted by Crippen LogP contribution is 2.78. The van der Waals surface area contributed by atoms with Gasteiger partial charge in [-0.05, 0) is 96.7 Å². The van der Waals surface area contributed by atoms with Crippen LogP contribution in [0.2, 0.25) is 0 Å². The summed E-state index contributed by atoms with van der Waals surface area (Å²) in [5.41, 5.74) is -1.59. The van der Waals surface area contributed by atoms with Gasteiger partial charge in [0.1, 0.15) is 0 Å². The van der Waals surface area contributed by atoms with E-state index in [1.54, 1.807) is 0 Å². The topological polar surface area (TPSA) is 101 Å². The summed E-state index contributed by atoms with van der Waals surface area (Å²) in [6.07, 6.45) is 9.66. The third-order valence-electron chi connectivity index (χ3n) is 14.6. The van der Waals surface area contributed by atoms with Crippen molar-refractivity contribution in [3.8, 4) is 0 Å². The summed E-state index contributed by atoms with van der Waals surface area (Å²) in [5, 5.41) is 46.8. The second-order valence-electron chi connectivity index (χ2n) is 16.9. The van der Waals surface area contributed by atoms with Crippen LogP contribution in [0, 0.1) is 45.1 Å². The van der Waals surface area contributed by atoms with Crippen LogP contribution in [0.3, 0.4) is 0 Å². The van der Waals surface area contributed by atoms with Crippen molar-refractivity contribution in [1.29, 1.82) is 0 Å². The summed E-state index contributed by atoms with van der Waals surface area (Å²) >= 11 is 0. The van der Waals surface area contributed by atoms with Gasteiger partial charge in [0, 0.05) is 47.0 Å². The molecule has 4 N–H and O–H groups in total. The van der Waals surface area contributed by atoms with E-state index in [-0.39, 0.29) is 41.7 Å². The van der Waals surface area contributed by atoms with E-state index >= 15 is 0 Å². The van der Waals surface area contributed by atoms with Crippen LogP contribution in [-0.2, 0) is 6.54 Å². The molecule has 0 aliphatic heterocycles. The Bertz CT molecular complexity index is 1940. The first-order valence-corrected chi connectivity index (χ1v) is 18.6. The standard InChI is InChI=1S/C43H49F2NO5/c1-39-15-12-30(48)21-41(39)18-19-43(33(22-41)38(50)28-10-11-34(44)35(45)20-28)36(39)13-16-40(2)37(43)14-17-42(40,51)26-46(24-31(49)25-47)23-29-8-5-7-27-6-3-4-9-32(27)29/h3-11,18-20,22,30-31,36-37,47-49,51H,12-17,21,23-26H2,1-2H3/t30?,31-,36+,37+,39+,40-,41-,42+,43+/m0/s1. The smallest absolute Gasteiger partial charge is 0.189 e. The maximum atomic E-state index is 14.7. The molecule has 0 aromatic heterocycles. The zero-order chi connectivity index (χ0) is 36.0. The molecule has 0 amide bonds. The average Bonchev–Trinajstić information content (AvgIpc) is 3.38. The lowest BCUT2D eigenvalue weighted by molar-refractivity contribution is -0.177. The van der Waals surface area contributed by atoms with Crippen molar-refractivity contribution in [3.63, 3.8) is 0 Å². The molecular formula is C43H49F2NO5. The lowest BCUT2D eigenvalue weighted by atomic mass is 9.32. The van der Waals surface area contributed by atoms with E-state index in [0.29, 0.717) is 37.8 Å². The number of hydrogen-bond donors (Lipinski definition) is 4. The Kier molecular flexibility index (Phi) is 8.28. The molecule has 0 radical (unpaired) electrons. The van der Waals surface area contributed by atoms with Crippen molar-refractivity contribution in [1.82, 2.24) is 4.90 Å². The van der Waals surface area contributed by atoms with Crippen LogP contribution in [0.4, 0.5) is 8.78 Å². The minimum Gasteiger partial charge on any atom is -0.394 e. The average molecular weight is 698 g/mol. The van der Waals surface area contributed by atoms with Crippen molar-refractivity contribution < 1.29 is 34.0 Å². The number of fused-ring (bicyclic) bond motifs is 2. The van der Waals surface area contributed by atoms with Gasteiger partial charge in [-0.15, -0.1) is 0 Å². The molecule has 51 heavy (non-hydrogen) atoms. The van der Waals surface area contributed by atoms with E-state index in [1.807, 2.05) is 18.2 Å². The molecule has 3 saturated carbocycles. The number of carbonyl (C=O) groups is 1. The van der Waals surface area contributed by atoms with Gasteiger partial charge in [-0.1, -0.05) is 74.5 Å². The second-order valence-corrected chi connectivity index (χ2v) is 16.9. The molecular weight excluding hydrogens is 648 g/mol. The van der Waals surface area contributed by atoms with Crippen molar-refractivity contribution in [3.05, 3.63) is 107 Å². The number of hydrogen-bond acceptors (Lipinski definition) is 6. The number of ketones is 1. The first-order valence-electron chi connectivity index (χ1n) is 18.6. The second kappa shape index (κ2) is 12.1. The molecule has 6 aliphatic rings. The number of aliphatic hydroxyl groups is 4. The molecule has 3 fully saturated rings. The molecule has 3 aromatic carbocycles. The fraction of sp³-hybridized carbons (Fsp3) is 0.512. The number of nitrogens with zero attached hydrogens (tertiary/aromatic N) is 1. The van der Waals surface area contributed by atoms with Crippen LogP contribution in [0.5, 0.6) is 0 Å². The Balaban J connectivity index is 1.20. The minimum atomic E-state index is -1.18. The number of carbonyl (C=O) groups excluding carboxylic acids is 1. The van der Waals surface area contributed by atoms with E-state index < -0.39 is 52.3 Å². The fourth-order valence-electron chi connectivity index (χ4n) is 12.0. The zero-order valence-electron chi connectivity index (χ0n) is 29.5. The summed E-state index contributed by atoms with van der Waals surface area (Å²) in [5.74, 6) is -2.47. The van der Waals surface area contributed by atoms with Crippen LogP contribution in [0.15, 0.2) is 84.5 Å². The quantitative estimate of drug-likeness (QED) is 0.146. The molecule has 8 heteroatoms. The maximum absolute atomic E-state index is 14.7. The Morgan fingerprint density at radius 1 is 0.922 bits per heavy atom. The van der Waals surface area contributed by atoms with Crippen LogP contribution in [0.1, 0.15) is 74.7 Å². The molecule has 0 saturated heterocycles. The van der Waals surface area contributed by atoms with Gasteiger partial charge in [0.25, 0.3) is 0 Å². The Morgan fingerprint density at radius 2 is 1.65 bits per heavy atom. The Labute approximate surface area is 298 Å². The first-order chi connectivity index (χ1) is 24.3. The first kappa shape index (κ1) is 34.8. The third kappa shape index (κ3) is 5.00. The predicted octanol–water partition coefficient (Wildman–Crippen LogP) is 6.75. The predicted molar refractivity (Wildman–Crippen MR) is 192 cm³/mol. The van der Waals surface area contributed by atoms with E-state index in [4.69, 9.17) is 0 Å². The number of benzene rings is 3. The third-order valence-corrected chi connectivity index (χ3v) is 14.6. The van der Waals surface area contributed by atoms with E-state index in [2.05, 4.69) is 61.2 Å². The lowest BCUT2D eigenvalue weighted by Gasteiger charge is -2.71. The van der Waals surface area contributed by atoms with Crippen molar-refractivity contribution >= 4 is 16.6 Å². The lowest BCUT2D eigenvalue weighted by Crippen LogP contribution is -2.67. The minimum absolute atomic E-state index is 0.0557. The molecule has 6 aliphatic carbocycles. The summed E-state index contributed by atoms with van der Waals surface area (Å²) in [4.78, 5) is 16.7. The largest absolute Gasteiger partial charge is 0.394 e. The molecule has 270 valence electrons. The maximum Gasteiger partial charge on any atom is 0.189 e. The van der Waals surface area contributed by atoms with Crippen LogP contribution in [0.25, 0.3) is 10.8 Å². The Hall–Kier alpha value is -3.27. The number of allylic oxidation sites excluding steroid dienone is 4. The van der Waals surface area contributed by atoms with Gasteiger partial charge in [0.15, 0.2) is 17.4 Å². The van der Waals surface area contributed by atoms with Crippen molar-refractivity contribution in [2.75, 3.05) is 19.7 Å². The van der Waals surface area contributed by atoms with E-state index in [9.17, 15) is 34.0 Å². The molecule has 3 aromatic rings. The van der Waals surface area contributed by atoms with Gasteiger partial charge >= 0.3 is 0 Å². The molecule has 0 heterocycles. The summed E-state index contributed by atoms with van der Waals surface area (Å²) in [7, 11) is 0. The highest BCUT2D eigenvalue weighted by Gasteiger charge is 2.74. The summed E-state index contributed by atoms with van der Waals surface area (Å²) < 4.78 is 28.7. The number of rotatable bonds is 9.